The minimum absolute atomic E-state index is 0.511. The molecule has 7 heteroatoms. The zero-order valence-electron chi connectivity index (χ0n) is 11.4. The number of pyridine rings is 1. The van der Waals surface area contributed by atoms with Crippen LogP contribution in [0.25, 0.3) is 11.3 Å². The summed E-state index contributed by atoms with van der Waals surface area (Å²) in [5, 5.41) is 12.8. The molecule has 0 amide bonds. The second kappa shape index (κ2) is 4.27. The fraction of sp³-hybridized carbons (Fsp3) is 0.143. The highest BCUT2D eigenvalue weighted by Crippen LogP contribution is 2.12. The lowest BCUT2D eigenvalue weighted by Gasteiger charge is -2.02. The minimum atomic E-state index is 0.511. The van der Waals surface area contributed by atoms with Crippen molar-refractivity contribution in [3.63, 3.8) is 0 Å². The average molecular weight is 279 g/mol. The number of anilines is 1. The first-order valence-electron chi connectivity index (χ1n) is 6.60. The number of aryl methyl sites for hydroxylation is 1. The highest BCUT2D eigenvalue weighted by atomic mass is 15.4. The predicted octanol–water partition coefficient (Wildman–Crippen LogP) is 1.25. The molecule has 7 nitrogen and oxygen atoms in total. The summed E-state index contributed by atoms with van der Waals surface area (Å²) >= 11 is 0. The Bertz CT molecular complexity index is 950. The molecule has 0 saturated heterocycles. The number of aromatic nitrogens is 6. The molecule has 4 heterocycles. The first-order valence-corrected chi connectivity index (χ1v) is 6.60. The number of hydrogen-bond acceptors (Lipinski definition) is 5. The van der Waals surface area contributed by atoms with Gasteiger partial charge in [0.1, 0.15) is 11.5 Å². The van der Waals surface area contributed by atoms with Gasteiger partial charge in [-0.25, -0.2) is 4.98 Å². The average Bonchev–Trinajstić information content (AvgIpc) is 3.01. The monoisotopic (exact) mass is 279 g/mol. The van der Waals surface area contributed by atoms with Crippen molar-refractivity contribution < 1.29 is 0 Å². The Hall–Kier alpha value is -2.96. The molecular weight excluding hydrogens is 266 g/mol. The standard InChI is InChI=1S/C14H13N7/c1-9-2-4-13-17-18-14(21(13)19-9)6-10-3-5-12-16-11(15)8-20(12)7-10/h2-5,7-8H,6,15H2,1H3. The molecular formula is C14H13N7. The van der Waals surface area contributed by atoms with Gasteiger partial charge in [-0.2, -0.15) is 9.61 Å². The van der Waals surface area contributed by atoms with E-state index in [4.69, 9.17) is 5.73 Å². The van der Waals surface area contributed by atoms with Gasteiger partial charge in [0.25, 0.3) is 0 Å². The molecule has 21 heavy (non-hydrogen) atoms. The zero-order valence-corrected chi connectivity index (χ0v) is 11.4. The lowest BCUT2D eigenvalue weighted by molar-refractivity contribution is 0.818. The van der Waals surface area contributed by atoms with Crippen LogP contribution in [0.3, 0.4) is 0 Å². The van der Waals surface area contributed by atoms with E-state index in [1.165, 1.54) is 0 Å². The molecule has 0 radical (unpaired) electrons. The van der Waals surface area contributed by atoms with Crippen LogP contribution in [0.2, 0.25) is 0 Å². The number of nitrogens with zero attached hydrogens (tertiary/aromatic N) is 6. The first kappa shape index (κ1) is 11.8. The minimum Gasteiger partial charge on any atom is -0.382 e. The third-order valence-corrected chi connectivity index (χ3v) is 3.35. The van der Waals surface area contributed by atoms with Gasteiger partial charge in [0, 0.05) is 12.6 Å². The quantitative estimate of drug-likeness (QED) is 0.597. The SMILES string of the molecule is Cc1ccc2nnc(Cc3ccc4nc(N)cn4c3)n2n1. The molecule has 4 aromatic rings. The Kier molecular flexibility index (Phi) is 2.41. The van der Waals surface area contributed by atoms with Crippen molar-refractivity contribution in [3.8, 4) is 0 Å². The van der Waals surface area contributed by atoms with Crippen molar-refractivity contribution in [2.75, 3.05) is 5.73 Å². The van der Waals surface area contributed by atoms with Gasteiger partial charge in [-0.15, -0.1) is 10.2 Å². The lowest BCUT2D eigenvalue weighted by Crippen LogP contribution is -2.02. The molecule has 0 spiro atoms. The van der Waals surface area contributed by atoms with Crippen LogP contribution in [0.5, 0.6) is 0 Å². The maximum atomic E-state index is 5.70. The molecule has 4 rings (SSSR count). The third kappa shape index (κ3) is 1.99. The number of fused-ring (bicyclic) bond motifs is 2. The Morgan fingerprint density at radius 2 is 1.90 bits per heavy atom. The molecule has 104 valence electrons. The zero-order chi connectivity index (χ0) is 14.4. The molecule has 0 atom stereocenters. The van der Waals surface area contributed by atoms with Gasteiger partial charge in [0.05, 0.1) is 11.9 Å². The lowest BCUT2D eigenvalue weighted by atomic mass is 10.2. The number of imidazole rings is 1. The van der Waals surface area contributed by atoms with Gasteiger partial charge in [0.2, 0.25) is 0 Å². The number of hydrogen-bond donors (Lipinski definition) is 1. The Morgan fingerprint density at radius 1 is 1.05 bits per heavy atom. The molecule has 4 aromatic heterocycles. The van der Waals surface area contributed by atoms with Crippen LogP contribution in [0.15, 0.2) is 36.7 Å². The summed E-state index contributed by atoms with van der Waals surface area (Å²) in [6.07, 6.45) is 4.43. The summed E-state index contributed by atoms with van der Waals surface area (Å²) < 4.78 is 3.69. The maximum absolute atomic E-state index is 5.70. The summed E-state index contributed by atoms with van der Waals surface area (Å²) in [7, 11) is 0. The van der Waals surface area contributed by atoms with Gasteiger partial charge < -0.3 is 10.1 Å². The van der Waals surface area contributed by atoms with Crippen LogP contribution in [-0.2, 0) is 6.42 Å². The van der Waals surface area contributed by atoms with E-state index in [9.17, 15) is 0 Å². The van der Waals surface area contributed by atoms with Crippen molar-refractivity contribution in [2.24, 2.45) is 0 Å². The van der Waals surface area contributed by atoms with E-state index in [1.54, 1.807) is 10.7 Å². The second-order valence-corrected chi connectivity index (χ2v) is 5.01. The van der Waals surface area contributed by atoms with Crippen molar-refractivity contribution in [1.82, 2.24) is 29.2 Å². The number of nitrogen functional groups attached to an aromatic ring is 1. The maximum Gasteiger partial charge on any atom is 0.177 e. The fourth-order valence-corrected chi connectivity index (χ4v) is 2.38. The van der Waals surface area contributed by atoms with Crippen LogP contribution in [0.1, 0.15) is 17.1 Å². The van der Waals surface area contributed by atoms with Crippen LogP contribution in [0, 0.1) is 6.92 Å². The van der Waals surface area contributed by atoms with Crippen LogP contribution >= 0.6 is 0 Å². The highest BCUT2D eigenvalue weighted by Gasteiger charge is 2.08. The number of nitrogens with two attached hydrogens (primary N) is 1. The van der Waals surface area contributed by atoms with Crippen molar-refractivity contribution in [3.05, 3.63) is 53.7 Å². The van der Waals surface area contributed by atoms with Gasteiger partial charge in [-0.3, -0.25) is 0 Å². The normalized spacial score (nSPS) is 11.5. The van der Waals surface area contributed by atoms with Gasteiger partial charge in [-0.1, -0.05) is 6.07 Å². The summed E-state index contributed by atoms with van der Waals surface area (Å²) in [5.74, 6) is 1.32. The summed E-state index contributed by atoms with van der Waals surface area (Å²) in [6, 6.07) is 7.79. The molecule has 0 bridgehead atoms. The van der Waals surface area contributed by atoms with E-state index in [0.29, 0.717) is 12.2 Å². The van der Waals surface area contributed by atoms with Crippen LogP contribution < -0.4 is 5.73 Å². The highest BCUT2D eigenvalue weighted by molar-refractivity contribution is 5.47. The van der Waals surface area contributed by atoms with Crippen LogP contribution in [0.4, 0.5) is 5.82 Å². The Labute approximate surface area is 120 Å². The van der Waals surface area contributed by atoms with Crippen molar-refractivity contribution in [2.45, 2.75) is 13.3 Å². The smallest absolute Gasteiger partial charge is 0.177 e. The largest absolute Gasteiger partial charge is 0.382 e. The molecule has 0 fully saturated rings. The fourth-order valence-electron chi connectivity index (χ4n) is 2.38. The van der Waals surface area contributed by atoms with Gasteiger partial charge in [-0.05, 0) is 30.7 Å². The Morgan fingerprint density at radius 3 is 2.81 bits per heavy atom. The van der Waals surface area contributed by atoms with E-state index >= 15 is 0 Å². The molecule has 0 aliphatic heterocycles. The molecule has 0 saturated carbocycles. The molecule has 0 aromatic carbocycles. The van der Waals surface area contributed by atoms with E-state index in [1.807, 2.05) is 41.8 Å². The van der Waals surface area contributed by atoms with E-state index in [-0.39, 0.29) is 0 Å². The first-order chi connectivity index (χ1) is 10.2. The summed E-state index contributed by atoms with van der Waals surface area (Å²) in [5.41, 5.74) is 9.31. The van der Waals surface area contributed by atoms with Crippen molar-refractivity contribution >= 4 is 17.1 Å². The topological polar surface area (TPSA) is 86.4 Å². The van der Waals surface area contributed by atoms with E-state index in [0.717, 1.165) is 28.4 Å². The second-order valence-electron chi connectivity index (χ2n) is 5.01. The Balaban J connectivity index is 1.76. The summed E-state index contributed by atoms with van der Waals surface area (Å²) in [6.45, 7) is 1.95. The molecule has 0 aliphatic rings. The van der Waals surface area contributed by atoms with E-state index in [2.05, 4.69) is 20.3 Å². The van der Waals surface area contributed by atoms with Crippen LogP contribution in [-0.4, -0.2) is 29.2 Å². The number of rotatable bonds is 2. The summed E-state index contributed by atoms with van der Waals surface area (Å²) in [4.78, 5) is 4.21. The van der Waals surface area contributed by atoms with E-state index < -0.39 is 0 Å². The molecule has 0 aliphatic carbocycles. The van der Waals surface area contributed by atoms with Crippen molar-refractivity contribution in [1.29, 1.82) is 0 Å². The predicted molar refractivity (Wildman–Crippen MR) is 77.9 cm³/mol. The molecule has 2 N–H and O–H groups in total. The molecule has 0 unspecified atom stereocenters. The van der Waals surface area contributed by atoms with Gasteiger partial charge in [0.15, 0.2) is 11.5 Å². The third-order valence-electron chi connectivity index (χ3n) is 3.35. The van der Waals surface area contributed by atoms with Gasteiger partial charge >= 0.3 is 0 Å².